The molecule has 0 aromatic heterocycles. The average molecular weight is 544 g/mol. The first-order valence-electron chi connectivity index (χ1n) is 14.6. The topological polar surface area (TPSA) is 76.2 Å². The van der Waals surface area contributed by atoms with Crippen LogP contribution in [0, 0.1) is 5.92 Å². The molecule has 0 aliphatic carbocycles. The second-order valence-electron chi connectivity index (χ2n) is 11.3. The Morgan fingerprint density at radius 2 is 1.60 bits per heavy atom. The van der Waals surface area contributed by atoms with Crippen molar-refractivity contribution in [2.24, 2.45) is 5.92 Å². The highest BCUT2D eigenvalue weighted by Gasteiger charge is 2.29. The van der Waals surface area contributed by atoms with Gasteiger partial charge < -0.3 is 14.7 Å². The van der Waals surface area contributed by atoms with Gasteiger partial charge in [0.1, 0.15) is 0 Å². The highest BCUT2D eigenvalue weighted by Crippen LogP contribution is 2.28. The lowest BCUT2D eigenvalue weighted by molar-refractivity contribution is -0.120. The lowest BCUT2D eigenvalue weighted by atomic mass is 9.94. The van der Waals surface area contributed by atoms with Gasteiger partial charge in [-0.2, -0.15) is 0 Å². The van der Waals surface area contributed by atoms with Gasteiger partial charge in [-0.05, 0) is 68.4 Å². The van der Waals surface area contributed by atoms with Crippen LogP contribution in [0.25, 0.3) is 6.08 Å². The summed E-state index contributed by atoms with van der Waals surface area (Å²) in [5, 5.41) is 2.42. The summed E-state index contributed by atoms with van der Waals surface area (Å²) in [4.78, 5) is 45.5. The van der Waals surface area contributed by atoms with Crippen LogP contribution < -0.4 is 10.2 Å². The quantitative estimate of drug-likeness (QED) is 0.559. The Balaban J connectivity index is 1.11. The molecule has 4 amide bonds. The van der Waals surface area contributed by atoms with Gasteiger partial charge >= 0.3 is 6.03 Å². The number of amides is 4. The van der Waals surface area contributed by atoms with E-state index in [-0.39, 0.29) is 17.8 Å². The normalized spacial score (nSPS) is 20.0. The molecule has 8 nitrogen and oxygen atoms in total. The molecule has 1 N–H and O–H groups in total. The highest BCUT2D eigenvalue weighted by atomic mass is 16.2. The Bertz CT molecular complexity index is 1230. The van der Waals surface area contributed by atoms with Crippen molar-refractivity contribution in [3.63, 3.8) is 0 Å². The van der Waals surface area contributed by atoms with Crippen LogP contribution in [0.4, 0.5) is 10.5 Å². The van der Waals surface area contributed by atoms with Crippen LogP contribution in [0.3, 0.4) is 0 Å². The standard InChI is InChI=1S/C32H41N5O3/c1-24(22-27-10-6-7-11-29(27)37-21-16-30(38)33-32(37)40)34(2)28-14-17-35(18-15-28)23-25-12-19-36(20-13-25)31(39)26-8-4-3-5-9-26/h3-11,22,25,28H,12-21,23H2,1-2H3,(H,33,38,40)/b24-22-. The van der Waals surface area contributed by atoms with Crippen LogP contribution in [0.5, 0.6) is 0 Å². The first-order chi connectivity index (χ1) is 19.4. The maximum Gasteiger partial charge on any atom is 0.328 e. The first kappa shape index (κ1) is 27.9. The summed E-state index contributed by atoms with van der Waals surface area (Å²) in [7, 11) is 2.17. The zero-order chi connectivity index (χ0) is 28.1. The summed E-state index contributed by atoms with van der Waals surface area (Å²) in [5.74, 6) is 0.581. The number of urea groups is 1. The van der Waals surface area contributed by atoms with Crippen LogP contribution in [-0.2, 0) is 4.79 Å². The number of nitrogens with one attached hydrogen (secondary N) is 1. The van der Waals surface area contributed by atoms with Gasteiger partial charge in [0.25, 0.3) is 5.91 Å². The van der Waals surface area contributed by atoms with Crippen molar-refractivity contribution in [1.29, 1.82) is 0 Å². The lowest BCUT2D eigenvalue weighted by Gasteiger charge is -2.40. The van der Waals surface area contributed by atoms with Crippen LogP contribution in [0.15, 0.2) is 60.3 Å². The molecule has 3 fully saturated rings. The molecule has 212 valence electrons. The van der Waals surface area contributed by atoms with E-state index in [1.54, 1.807) is 4.90 Å². The van der Waals surface area contributed by atoms with Crippen LogP contribution in [-0.4, -0.2) is 84.9 Å². The predicted molar refractivity (Wildman–Crippen MR) is 158 cm³/mol. The highest BCUT2D eigenvalue weighted by molar-refractivity contribution is 6.06. The van der Waals surface area contributed by atoms with Gasteiger partial charge in [-0.3, -0.25) is 19.8 Å². The van der Waals surface area contributed by atoms with Crippen LogP contribution >= 0.6 is 0 Å². The van der Waals surface area contributed by atoms with Gasteiger partial charge in [0.05, 0.1) is 5.69 Å². The maximum atomic E-state index is 12.8. The molecule has 0 bridgehead atoms. The molecular formula is C32H41N5O3. The second-order valence-corrected chi connectivity index (χ2v) is 11.3. The largest absolute Gasteiger partial charge is 0.375 e. The van der Waals surface area contributed by atoms with E-state index in [9.17, 15) is 14.4 Å². The average Bonchev–Trinajstić information content (AvgIpc) is 2.98. The fourth-order valence-corrected chi connectivity index (χ4v) is 6.20. The van der Waals surface area contributed by atoms with E-state index in [2.05, 4.69) is 35.2 Å². The Kier molecular flexibility index (Phi) is 8.85. The van der Waals surface area contributed by atoms with Crippen molar-refractivity contribution in [3.8, 4) is 0 Å². The zero-order valence-electron chi connectivity index (χ0n) is 23.7. The number of carbonyl (C=O) groups excluding carboxylic acids is 3. The van der Waals surface area contributed by atoms with E-state index in [0.29, 0.717) is 24.9 Å². The third-order valence-electron chi connectivity index (χ3n) is 8.75. The van der Waals surface area contributed by atoms with Crippen molar-refractivity contribution in [2.45, 2.75) is 45.1 Å². The molecule has 2 aromatic carbocycles. The van der Waals surface area contributed by atoms with E-state index in [1.807, 2.05) is 59.5 Å². The number of nitrogens with zero attached hydrogens (tertiary/aromatic N) is 4. The van der Waals surface area contributed by atoms with E-state index in [0.717, 1.165) is 80.9 Å². The minimum absolute atomic E-state index is 0.156. The number of hydrogen-bond donors (Lipinski definition) is 1. The molecule has 0 saturated carbocycles. The monoisotopic (exact) mass is 543 g/mol. The van der Waals surface area contributed by atoms with Gasteiger partial charge in [0.2, 0.25) is 5.91 Å². The third-order valence-corrected chi connectivity index (χ3v) is 8.75. The van der Waals surface area contributed by atoms with Crippen molar-refractivity contribution in [2.75, 3.05) is 51.2 Å². The molecule has 3 saturated heterocycles. The van der Waals surface area contributed by atoms with Gasteiger partial charge in [0.15, 0.2) is 0 Å². The molecule has 0 unspecified atom stereocenters. The van der Waals surface area contributed by atoms with Crippen LogP contribution in [0.2, 0.25) is 0 Å². The molecule has 2 aromatic rings. The molecule has 3 heterocycles. The Morgan fingerprint density at radius 1 is 0.925 bits per heavy atom. The summed E-state index contributed by atoms with van der Waals surface area (Å²) in [6, 6.07) is 17.6. The van der Waals surface area contributed by atoms with Gasteiger partial charge in [-0.15, -0.1) is 0 Å². The zero-order valence-corrected chi connectivity index (χ0v) is 23.7. The van der Waals surface area contributed by atoms with E-state index in [1.165, 1.54) is 0 Å². The molecule has 5 rings (SSSR count). The Labute approximate surface area is 237 Å². The summed E-state index contributed by atoms with van der Waals surface area (Å²) >= 11 is 0. The number of imide groups is 1. The summed E-state index contributed by atoms with van der Waals surface area (Å²) in [6.45, 7) is 7.51. The molecule has 40 heavy (non-hydrogen) atoms. The lowest BCUT2D eigenvalue weighted by Crippen LogP contribution is -2.49. The number of rotatable bonds is 7. The number of carbonyl (C=O) groups is 3. The van der Waals surface area contributed by atoms with Gasteiger partial charge in [0, 0.05) is 70.0 Å². The van der Waals surface area contributed by atoms with Crippen molar-refractivity contribution in [3.05, 3.63) is 71.4 Å². The Hall–Kier alpha value is -3.65. The first-order valence-corrected chi connectivity index (χ1v) is 14.6. The molecule has 8 heteroatoms. The predicted octanol–water partition coefficient (Wildman–Crippen LogP) is 4.44. The molecule has 3 aliphatic heterocycles. The fourth-order valence-electron chi connectivity index (χ4n) is 6.20. The van der Waals surface area contributed by atoms with Crippen LogP contribution in [0.1, 0.15) is 54.9 Å². The minimum Gasteiger partial charge on any atom is -0.375 e. The summed E-state index contributed by atoms with van der Waals surface area (Å²) in [5.41, 5.74) is 3.75. The third kappa shape index (κ3) is 6.55. The summed E-state index contributed by atoms with van der Waals surface area (Å²) in [6.07, 6.45) is 6.84. The number of allylic oxidation sites excluding steroid dienone is 1. The number of likely N-dealkylation sites (tertiary alicyclic amines) is 2. The number of piperidine rings is 2. The maximum absolute atomic E-state index is 12.8. The Morgan fingerprint density at radius 3 is 2.30 bits per heavy atom. The van der Waals surface area contributed by atoms with Crippen molar-refractivity contribution in [1.82, 2.24) is 20.0 Å². The number of benzene rings is 2. The smallest absolute Gasteiger partial charge is 0.328 e. The second kappa shape index (κ2) is 12.7. The van der Waals surface area contributed by atoms with Gasteiger partial charge in [-0.1, -0.05) is 36.4 Å². The summed E-state index contributed by atoms with van der Waals surface area (Å²) < 4.78 is 0. The number of anilines is 1. The van der Waals surface area contributed by atoms with E-state index < -0.39 is 0 Å². The number of para-hydroxylation sites is 1. The van der Waals surface area contributed by atoms with Crippen molar-refractivity contribution < 1.29 is 14.4 Å². The molecular weight excluding hydrogens is 502 g/mol. The van der Waals surface area contributed by atoms with Crippen molar-refractivity contribution >= 4 is 29.6 Å². The van der Waals surface area contributed by atoms with E-state index >= 15 is 0 Å². The molecule has 3 aliphatic rings. The fraction of sp³-hybridized carbons (Fsp3) is 0.469. The minimum atomic E-state index is -0.357. The number of hydrogen-bond acceptors (Lipinski definition) is 5. The molecule has 0 radical (unpaired) electrons. The SMILES string of the molecule is C/C(=C/c1ccccc1N1CCC(=O)NC1=O)N(C)C1CCN(CC2CCN(C(=O)c3ccccc3)CC2)CC1. The van der Waals surface area contributed by atoms with Gasteiger partial charge in [-0.25, -0.2) is 4.79 Å². The molecule has 0 atom stereocenters. The van der Waals surface area contributed by atoms with E-state index in [4.69, 9.17) is 0 Å². The molecule has 0 spiro atoms.